The topological polar surface area (TPSA) is 0 Å². The van der Waals surface area contributed by atoms with Crippen LogP contribution in [0, 0.1) is 6.43 Å². The van der Waals surface area contributed by atoms with Crippen LogP contribution in [0.4, 0.5) is 39.5 Å². The van der Waals surface area contributed by atoms with Crippen molar-refractivity contribution in [3.8, 4) is 0 Å². The molecule has 0 aromatic carbocycles. The van der Waals surface area contributed by atoms with Crippen molar-refractivity contribution in [2.45, 2.75) is 18.0 Å². The summed E-state index contributed by atoms with van der Waals surface area (Å²) >= 11 is 0. The quantitative estimate of drug-likeness (QED) is 0.414. The zero-order chi connectivity index (χ0) is 11.1. The van der Waals surface area contributed by atoms with Crippen LogP contribution in [0.2, 0.25) is 0 Å². The summed E-state index contributed by atoms with van der Waals surface area (Å²) in [5.41, 5.74) is 0. The van der Waals surface area contributed by atoms with Crippen molar-refractivity contribution in [1.29, 1.82) is 0 Å². The number of hydrogen-bond donors (Lipinski definition) is 0. The Morgan fingerprint density at radius 2 is 1.00 bits per heavy atom. The van der Waals surface area contributed by atoms with Crippen LogP contribution < -0.4 is 0 Å². The van der Waals surface area contributed by atoms with Crippen LogP contribution >= 0.6 is 0 Å². The van der Waals surface area contributed by atoms with E-state index in [4.69, 9.17) is 0 Å². The molecule has 0 nitrogen and oxygen atoms in total. The van der Waals surface area contributed by atoms with Gasteiger partial charge in [0.05, 0.1) is 6.43 Å². The van der Waals surface area contributed by atoms with Gasteiger partial charge in [-0.25, -0.2) is 8.78 Å². The number of halogens is 9. The number of alkyl halides is 7. The average molecular weight is 283 g/mol. The minimum absolute atomic E-state index is 0. The monoisotopic (exact) mass is 282 g/mol. The third-order valence-corrected chi connectivity index (χ3v) is 0.988. The van der Waals surface area contributed by atoms with E-state index in [1.165, 1.54) is 0 Å². The van der Waals surface area contributed by atoms with Gasteiger partial charge in [0.15, 0.2) is 0 Å². The Bertz CT molecular complexity index is 182. The Morgan fingerprint density at radius 1 is 0.714 bits per heavy atom. The third kappa shape index (κ3) is 2.47. The van der Waals surface area contributed by atoms with Gasteiger partial charge in [0.2, 0.25) is 0 Å². The molecule has 10 heteroatoms. The van der Waals surface area contributed by atoms with Crippen LogP contribution in [0.25, 0.3) is 0 Å². The fourth-order valence-electron chi connectivity index (χ4n) is 0.297. The van der Waals surface area contributed by atoms with Crippen molar-refractivity contribution < 1.29 is 56.6 Å². The van der Waals surface area contributed by atoms with Crippen molar-refractivity contribution in [3.63, 3.8) is 0 Å². The predicted molar refractivity (Wildman–Crippen MR) is 21.4 cm³/mol. The molecular weight excluding hydrogens is 283 g/mol. The molecule has 0 aromatic heterocycles. The van der Waals surface area contributed by atoms with Gasteiger partial charge >= 0.3 is 29.2 Å². The minimum atomic E-state index is -6.77. The molecule has 0 spiro atoms. The van der Waals surface area contributed by atoms with Gasteiger partial charge in [0.1, 0.15) is 0 Å². The maximum Gasteiger partial charge on any atom is 1.00 e. The fourth-order valence-corrected chi connectivity index (χ4v) is 0.297. The molecule has 0 atom stereocenters. The van der Waals surface area contributed by atoms with Crippen molar-refractivity contribution in [3.05, 3.63) is 6.43 Å². The largest absolute Gasteiger partial charge is 1.00 e. The molecule has 0 radical (unpaired) electrons. The van der Waals surface area contributed by atoms with Crippen molar-refractivity contribution in [2.75, 3.05) is 0 Å². The second-order valence-corrected chi connectivity index (χ2v) is 1.91. The molecule has 14 heavy (non-hydrogen) atoms. The number of rotatable bonds is 2. The summed E-state index contributed by atoms with van der Waals surface area (Å²) in [6.07, 6.45) is -11.0. The van der Waals surface area contributed by atoms with Gasteiger partial charge in [-0.1, -0.05) is 0 Å². The molecular formula is C4CuF9. The normalized spacial score (nSPS) is 14.1. The van der Waals surface area contributed by atoms with E-state index in [-0.39, 0.29) is 17.1 Å². The van der Waals surface area contributed by atoms with Crippen LogP contribution in [0.1, 0.15) is 0 Å². The molecule has 0 heterocycles. The van der Waals surface area contributed by atoms with Gasteiger partial charge in [0.25, 0.3) is 5.92 Å². The first-order valence-corrected chi connectivity index (χ1v) is 2.45. The molecule has 90 valence electrons. The van der Waals surface area contributed by atoms with Crippen LogP contribution in [-0.4, -0.2) is 18.0 Å². The predicted octanol–water partition coefficient (Wildman–Crippen LogP) is 3.25. The van der Waals surface area contributed by atoms with E-state index in [2.05, 4.69) is 0 Å². The Labute approximate surface area is 81.9 Å². The summed E-state index contributed by atoms with van der Waals surface area (Å²) in [5, 5.41) is 0. The van der Waals surface area contributed by atoms with E-state index in [0.29, 0.717) is 0 Å². The maximum atomic E-state index is 11.6. The molecule has 0 aromatic rings. The smallest absolute Gasteiger partial charge is 0.415 e. The summed E-state index contributed by atoms with van der Waals surface area (Å²) in [4.78, 5) is 0. The second-order valence-electron chi connectivity index (χ2n) is 1.91. The van der Waals surface area contributed by atoms with Crippen molar-refractivity contribution in [1.82, 2.24) is 0 Å². The summed E-state index contributed by atoms with van der Waals surface area (Å²) < 4.78 is 102. The Kier molecular flexibility index (Phi) is 4.87. The Hall–Kier alpha value is -0.111. The average Bonchev–Trinajstić information content (AvgIpc) is 1.84. The first-order chi connectivity index (χ1) is 5.44. The van der Waals surface area contributed by atoms with Crippen LogP contribution in [0.3, 0.4) is 0 Å². The Morgan fingerprint density at radius 3 is 1.07 bits per heavy atom. The zero-order valence-electron chi connectivity index (χ0n) is 5.70. The van der Waals surface area contributed by atoms with Crippen molar-refractivity contribution in [2.24, 2.45) is 0 Å². The van der Waals surface area contributed by atoms with Crippen LogP contribution in [-0.2, 0) is 17.1 Å². The molecule has 0 fully saturated rings. The van der Waals surface area contributed by atoms with Gasteiger partial charge in [0, 0.05) is 0 Å². The summed E-state index contributed by atoms with van der Waals surface area (Å²) in [5.74, 6) is -13.3. The molecule has 0 saturated heterocycles. The standard InChI is InChI=1S/C4F9.Cu/c5-1(6)2(7,8)3(9,10)4(11,12)13;/q-1;+1. The van der Waals surface area contributed by atoms with E-state index < -0.39 is 24.4 Å². The minimum Gasteiger partial charge on any atom is -0.415 e. The van der Waals surface area contributed by atoms with Gasteiger partial charge in [-0.3, -0.25) is 0 Å². The SMILES string of the molecule is F[C-](F)C(F)(F)C(F)(F)C(F)(F)F.[Cu+]. The summed E-state index contributed by atoms with van der Waals surface area (Å²) in [7, 11) is 0. The fraction of sp³-hybridized carbons (Fsp3) is 0.750. The van der Waals surface area contributed by atoms with Gasteiger partial charge in [-0.15, -0.1) is 0 Å². The molecule has 0 rings (SSSR count). The molecule has 0 aliphatic heterocycles. The third-order valence-electron chi connectivity index (χ3n) is 0.988. The molecule has 0 bridgehead atoms. The van der Waals surface area contributed by atoms with E-state index in [1.54, 1.807) is 0 Å². The van der Waals surface area contributed by atoms with Crippen LogP contribution in [0.5, 0.6) is 0 Å². The first-order valence-electron chi connectivity index (χ1n) is 2.45. The molecule has 0 aliphatic carbocycles. The summed E-state index contributed by atoms with van der Waals surface area (Å²) in [6, 6.07) is 0. The van der Waals surface area contributed by atoms with E-state index in [0.717, 1.165) is 0 Å². The summed E-state index contributed by atoms with van der Waals surface area (Å²) in [6.45, 7) is 0. The number of hydrogen-bond acceptors (Lipinski definition) is 0. The molecule has 0 N–H and O–H groups in total. The first kappa shape index (κ1) is 16.3. The van der Waals surface area contributed by atoms with E-state index >= 15 is 0 Å². The maximum absolute atomic E-state index is 11.6. The Balaban J connectivity index is 0. The molecule has 0 saturated carbocycles. The second kappa shape index (κ2) is 4.18. The van der Waals surface area contributed by atoms with Gasteiger partial charge in [-0.05, 0) is 0 Å². The van der Waals surface area contributed by atoms with Gasteiger partial charge < -0.3 is 8.78 Å². The molecule has 0 amide bonds. The van der Waals surface area contributed by atoms with Gasteiger partial charge in [-0.2, -0.15) is 22.0 Å². The van der Waals surface area contributed by atoms with Crippen molar-refractivity contribution >= 4 is 0 Å². The van der Waals surface area contributed by atoms with E-state index in [9.17, 15) is 39.5 Å². The molecule has 0 unspecified atom stereocenters. The van der Waals surface area contributed by atoms with Crippen LogP contribution in [0.15, 0.2) is 0 Å². The van der Waals surface area contributed by atoms with E-state index in [1.807, 2.05) is 0 Å². The molecule has 0 aliphatic rings. The zero-order valence-corrected chi connectivity index (χ0v) is 6.64.